The predicted octanol–water partition coefficient (Wildman–Crippen LogP) is 8.16. The van der Waals surface area contributed by atoms with E-state index in [9.17, 15) is 35.6 Å². The maximum atomic E-state index is 15.0. The Morgan fingerprint density at radius 2 is 1.78 bits per heavy atom. The van der Waals surface area contributed by atoms with Crippen molar-refractivity contribution in [3.05, 3.63) is 83.5 Å². The number of sulfonamides is 1. The van der Waals surface area contributed by atoms with Gasteiger partial charge in [-0.1, -0.05) is 40.7 Å². The molecule has 5 unspecified atom stereocenters. The summed E-state index contributed by atoms with van der Waals surface area (Å²) in [6, 6.07) is 6.49. The number of aromatic nitrogens is 2. The van der Waals surface area contributed by atoms with Gasteiger partial charge in [0.25, 0.3) is 5.91 Å². The Labute approximate surface area is 379 Å². The fourth-order valence-corrected chi connectivity index (χ4v) is 10.3. The van der Waals surface area contributed by atoms with Crippen molar-refractivity contribution in [3.8, 4) is 28.0 Å². The van der Waals surface area contributed by atoms with Gasteiger partial charge in [0.1, 0.15) is 51.4 Å². The molecule has 2 aliphatic carbocycles. The fraction of sp³-hybridized carbons (Fsp3) is 0.478. The topological polar surface area (TPSA) is 166 Å². The molecule has 3 aliphatic rings. The number of benzene rings is 2. The molecule has 348 valence electrons. The Kier molecular flexibility index (Phi) is 12.5. The molecule has 2 N–H and O–H groups in total. The van der Waals surface area contributed by atoms with Gasteiger partial charge >= 0.3 is 6.36 Å². The van der Waals surface area contributed by atoms with Gasteiger partial charge in [-0.15, -0.1) is 31.1 Å². The summed E-state index contributed by atoms with van der Waals surface area (Å²) in [6.07, 6.45) is -2.54. The molecule has 1 aliphatic heterocycles. The number of nitrogens with one attached hydrogen (secondary N) is 2. The number of fused-ring (bicyclic) bond motifs is 1. The average Bonchev–Trinajstić information content (AvgIpc) is 3.99. The molecule has 65 heavy (non-hydrogen) atoms. The van der Waals surface area contributed by atoms with E-state index < -0.39 is 85.4 Å². The Hall–Kier alpha value is -5.43. The van der Waals surface area contributed by atoms with Crippen LogP contribution < -0.4 is 24.2 Å². The first-order valence-electron chi connectivity index (χ1n) is 21.1. The van der Waals surface area contributed by atoms with Crippen LogP contribution in [0.2, 0.25) is 0 Å². The third-order valence-corrected chi connectivity index (χ3v) is 15.5. The third-order valence-electron chi connectivity index (χ3n) is 12.4. The number of ether oxygens (including phenoxy) is 3. The Balaban J connectivity index is 1.26. The number of thiazole rings is 1. The molecule has 2 aromatic heterocycles. The minimum atomic E-state index is -5.11. The van der Waals surface area contributed by atoms with Gasteiger partial charge in [-0.2, -0.15) is 4.39 Å². The van der Waals surface area contributed by atoms with Crippen LogP contribution in [0.1, 0.15) is 90.0 Å². The average molecular weight is 943 g/mol. The zero-order valence-electron chi connectivity index (χ0n) is 37.3. The molecular formula is C46H52F4N5O8S2+. The molecule has 3 fully saturated rings. The molecule has 3 heterocycles. The molecule has 1 saturated heterocycles. The molecule has 2 saturated carbocycles. The number of hydrogen-bond acceptors (Lipinski definition) is 11. The highest BCUT2D eigenvalue weighted by Crippen LogP contribution is 2.48. The molecule has 19 heteroatoms. The zero-order valence-corrected chi connectivity index (χ0v) is 38.9. The van der Waals surface area contributed by atoms with E-state index in [-0.39, 0.29) is 30.9 Å². The lowest BCUT2D eigenvalue weighted by Gasteiger charge is -2.33. The Morgan fingerprint density at radius 1 is 1.08 bits per heavy atom. The molecule has 2 aromatic carbocycles. The van der Waals surface area contributed by atoms with Crippen molar-refractivity contribution in [1.82, 2.24) is 24.9 Å². The molecule has 4 aromatic rings. The molecule has 0 radical (unpaired) electrons. The molecular weight excluding hydrogens is 891 g/mol. The summed E-state index contributed by atoms with van der Waals surface area (Å²) in [5, 5.41) is 5.98. The maximum absolute atomic E-state index is 15.0. The van der Waals surface area contributed by atoms with Crippen molar-refractivity contribution in [2.75, 3.05) is 13.7 Å². The number of amides is 3. The maximum Gasteiger partial charge on any atom is 0.573 e. The minimum absolute atomic E-state index is 0.0467. The van der Waals surface area contributed by atoms with E-state index in [2.05, 4.69) is 21.4 Å². The van der Waals surface area contributed by atoms with Gasteiger partial charge in [-0.05, 0) is 56.6 Å². The molecule has 7 rings (SSSR count). The summed E-state index contributed by atoms with van der Waals surface area (Å²) in [5.74, 6) is -4.90. The lowest BCUT2D eigenvalue weighted by molar-refractivity contribution is -0.274. The molecule has 0 spiro atoms. The number of carbonyl (C=O) groups is 3. The van der Waals surface area contributed by atoms with Gasteiger partial charge in [0.05, 0.1) is 41.7 Å². The molecule has 3 amide bonds. The van der Waals surface area contributed by atoms with Crippen molar-refractivity contribution in [2.45, 2.75) is 109 Å². The summed E-state index contributed by atoms with van der Waals surface area (Å²) in [5.41, 5.74) is -0.0399. The second-order valence-electron chi connectivity index (χ2n) is 18.7. The fourth-order valence-electron chi connectivity index (χ4n) is 8.09. The van der Waals surface area contributed by atoms with Crippen LogP contribution in [0.5, 0.6) is 17.2 Å². The first kappa shape index (κ1) is 47.5. The smallest absolute Gasteiger partial charge is 0.496 e. The summed E-state index contributed by atoms with van der Waals surface area (Å²) in [4.78, 5) is 54.6. The first-order valence-corrected chi connectivity index (χ1v) is 23.5. The van der Waals surface area contributed by atoms with Gasteiger partial charge in [0.15, 0.2) is 11.6 Å². The van der Waals surface area contributed by atoms with Gasteiger partial charge in [0, 0.05) is 47.2 Å². The number of methoxy groups -OCH3 is 1. The highest BCUT2D eigenvalue weighted by molar-refractivity contribution is 7.91. The van der Waals surface area contributed by atoms with Crippen LogP contribution in [0.3, 0.4) is 0 Å². The van der Waals surface area contributed by atoms with Crippen molar-refractivity contribution < 1.29 is 54.6 Å². The van der Waals surface area contributed by atoms with E-state index >= 15 is 4.79 Å². The quantitative estimate of drug-likeness (QED) is 0.0675. The summed E-state index contributed by atoms with van der Waals surface area (Å²) in [7, 11) is -2.55. The number of hydrogen-bond donors (Lipinski definition) is 2. The number of rotatable bonds is 15. The molecule has 0 bridgehead atoms. The summed E-state index contributed by atoms with van der Waals surface area (Å²) >= 11 is 1.42. The number of carbonyl (C=O) groups excluding carboxylic acids is 3. The van der Waals surface area contributed by atoms with Crippen LogP contribution in [0.15, 0.2) is 54.4 Å². The van der Waals surface area contributed by atoms with Crippen LogP contribution in [0, 0.1) is 36.4 Å². The monoisotopic (exact) mass is 942 g/mol. The van der Waals surface area contributed by atoms with Crippen LogP contribution in [0.4, 0.5) is 17.6 Å². The molecule has 13 nitrogen and oxygen atoms in total. The number of likely N-dealkylation sites (tertiary alicyclic amines) is 1. The predicted molar refractivity (Wildman–Crippen MR) is 236 cm³/mol. The lowest BCUT2D eigenvalue weighted by atomic mass is 9.76. The largest absolute Gasteiger partial charge is 0.573 e. The number of pyridine rings is 1. The SMILES string of the molecule is C=CC1CC1(NC(=O)C1CC(Oc2cc(-c3nc(C(C)C)cs3)nc3c(C)c(OC)ccc23)CN1C(=O)C([CH+]c1cc(F)cc(OC(F)(F)F)c1)C(C)(C)C)C(=O)NS(=O)(=O)C1(C)CC1. The van der Waals surface area contributed by atoms with Crippen molar-refractivity contribution in [3.63, 3.8) is 0 Å². The van der Waals surface area contributed by atoms with E-state index in [4.69, 9.17) is 19.4 Å². The third kappa shape index (κ3) is 9.76. The van der Waals surface area contributed by atoms with Gasteiger partial charge in [-0.3, -0.25) is 19.1 Å². The highest BCUT2D eigenvalue weighted by atomic mass is 32.2. The highest BCUT2D eigenvalue weighted by Gasteiger charge is 2.63. The van der Waals surface area contributed by atoms with E-state index in [0.29, 0.717) is 52.0 Å². The molecule has 5 atom stereocenters. The second kappa shape index (κ2) is 17.1. The van der Waals surface area contributed by atoms with E-state index in [0.717, 1.165) is 23.4 Å². The minimum Gasteiger partial charge on any atom is -0.496 e. The standard InChI is InChI=1S/C46H51F4N5O8S2/c1-10-27-21-45(27,42(58)54-65(59,60)44(8)13-14-44)53-39(56)35-19-30(22-55(35)41(57)32(43(5,6)7)17-26-15-28(47)18-29(16-26)63-46(48,49)50)62-37-20-33(40-52-34(23-64-40)24(2)3)51-38-25(4)36(61-9)12-11-31(37)38/h10-12,15-18,20,23-24,27,30,32,35H,1,13-14,19,21-22H2,2-9H3,(H-,53,54,56,58)/p+1. The van der Waals surface area contributed by atoms with Gasteiger partial charge in [0.2, 0.25) is 21.8 Å². The Morgan fingerprint density at radius 3 is 2.37 bits per heavy atom. The van der Waals surface area contributed by atoms with Crippen LogP contribution in [0.25, 0.3) is 21.6 Å². The number of aryl methyl sites for hydroxylation is 1. The number of nitrogens with zero attached hydrogens (tertiary/aromatic N) is 3. The van der Waals surface area contributed by atoms with Gasteiger partial charge < -0.3 is 24.4 Å². The first-order chi connectivity index (χ1) is 30.3. The van der Waals surface area contributed by atoms with Crippen molar-refractivity contribution in [2.24, 2.45) is 17.3 Å². The van der Waals surface area contributed by atoms with Crippen LogP contribution >= 0.6 is 11.3 Å². The number of alkyl halides is 3. The van der Waals surface area contributed by atoms with Crippen molar-refractivity contribution >= 4 is 50.0 Å². The second-order valence-corrected chi connectivity index (χ2v) is 21.7. The van der Waals surface area contributed by atoms with Crippen LogP contribution in [-0.4, -0.2) is 83.5 Å². The summed E-state index contributed by atoms with van der Waals surface area (Å²) < 4.78 is 98.1. The zero-order chi connectivity index (χ0) is 47.6. The van der Waals surface area contributed by atoms with Gasteiger partial charge in [-0.25, -0.2) is 18.4 Å². The van der Waals surface area contributed by atoms with E-state index in [1.165, 1.54) is 35.7 Å². The normalized spacial score (nSPS) is 22.0. The van der Waals surface area contributed by atoms with Crippen molar-refractivity contribution in [1.29, 1.82) is 0 Å². The number of halogens is 4. The van der Waals surface area contributed by atoms with E-state index in [1.807, 2.05) is 26.2 Å². The van der Waals surface area contributed by atoms with Crippen LogP contribution in [-0.2, 0) is 24.4 Å². The Bertz CT molecular complexity index is 2660. The lowest BCUT2D eigenvalue weighted by Crippen LogP contribution is -2.57. The summed E-state index contributed by atoms with van der Waals surface area (Å²) in [6.45, 7) is 16.2. The van der Waals surface area contributed by atoms with E-state index in [1.54, 1.807) is 46.1 Å².